The number of Topliss-reactive ketones (excluding diaryl/α,β-unsaturated/α-hetero) is 1. The van der Waals surface area contributed by atoms with E-state index in [1.807, 2.05) is 0 Å². The van der Waals surface area contributed by atoms with Crippen molar-refractivity contribution in [3.8, 4) is 0 Å². The van der Waals surface area contributed by atoms with E-state index in [4.69, 9.17) is 16.9 Å². The van der Waals surface area contributed by atoms with E-state index in [9.17, 15) is 14.7 Å². The van der Waals surface area contributed by atoms with E-state index in [1.165, 1.54) is 12.3 Å². The molecule has 1 aromatic rings. The maximum atomic E-state index is 12.0. The van der Waals surface area contributed by atoms with Gasteiger partial charge in [-0.15, -0.1) is 0 Å². The zero-order chi connectivity index (χ0) is 15.1. The summed E-state index contributed by atoms with van der Waals surface area (Å²) in [7, 11) is 0. The van der Waals surface area contributed by atoms with Gasteiger partial charge in [-0.05, 0) is 13.0 Å². The minimum atomic E-state index is -2.02. The summed E-state index contributed by atoms with van der Waals surface area (Å²) in [6, 6.07) is 1.28. The number of carbonyl (C=O) groups is 1. The number of rotatable bonds is 3. The minimum absolute atomic E-state index is 0.0382. The highest BCUT2D eigenvalue weighted by Gasteiger charge is 2.51. The molecule has 2 rings (SSSR count). The van der Waals surface area contributed by atoms with Crippen LogP contribution in [0.4, 0.5) is 5.82 Å². The summed E-state index contributed by atoms with van der Waals surface area (Å²) in [6.07, 6.45) is -2.83. The Morgan fingerprint density at radius 1 is 1.84 bits per heavy atom. The van der Waals surface area contributed by atoms with Gasteiger partial charge >= 0.3 is 5.69 Å². The van der Waals surface area contributed by atoms with Gasteiger partial charge in [0.25, 0.3) is 0 Å². The maximum absolute atomic E-state index is 12.0. The molecule has 0 aromatic carbocycles. The van der Waals surface area contributed by atoms with Crippen LogP contribution in [0, 0.1) is 0 Å². The van der Waals surface area contributed by atoms with Gasteiger partial charge in [-0.3, -0.25) is 9.36 Å². The first-order chi connectivity index (χ1) is 9.34. The number of hydrogen-bond acceptors (Lipinski definition) is 7. The van der Waals surface area contributed by atoms with Crippen molar-refractivity contribution in [1.82, 2.24) is 9.55 Å². The molecular weight excluding hydrogens is 254 g/mol. The average Bonchev–Trinajstić information content (AvgIpc) is 2.64. The third kappa shape index (κ3) is 2.14. The topological polar surface area (TPSA) is 128 Å². The smallest absolute Gasteiger partial charge is 0.352 e. The van der Waals surface area contributed by atoms with E-state index in [0.717, 1.165) is 11.5 Å². The largest absolute Gasteiger partial charge is 0.394 e. The molecule has 1 aromatic heterocycles. The van der Waals surface area contributed by atoms with Crippen molar-refractivity contribution in [3.05, 3.63) is 22.7 Å². The van der Waals surface area contributed by atoms with Crippen molar-refractivity contribution < 1.29 is 21.1 Å². The Morgan fingerprint density at radius 2 is 2.53 bits per heavy atom. The second-order valence-corrected chi connectivity index (χ2v) is 4.25. The first-order valence-electron chi connectivity index (χ1n) is 6.18. The van der Waals surface area contributed by atoms with Gasteiger partial charge in [0.15, 0.2) is 5.78 Å². The number of hydrogen-bond donors (Lipinski definition) is 3. The quantitative estimate of drug-likeness (QED) is 0.591. The van der Waals surface area contributed by atoms with Crippen LogP contribution < -0.4 is 11.4 Å². The third-order valence-corrected chi connectivity index (χ3v) is 2.98. The Morgan fingerprint density at radius 3 is 3.00 bits per heavy atom. The van der Waals surface area contributed by atoms with Crippen LogP contribution in [0.1, 0.15) is 14.7 Å². The molecule has 0 spiro atoms. The monoisotopic (exact) mass is 270 g/mol. The van der Waals surface area contributed by atoms with Gasteiger partial charge in [-0.25, -0.2) is 4.79 Å². The van der Waals surface area contributed by atoms with Crippen LogP contribution in [0.25, 0.3) is 0 Å². The molecule has 0 saturated carbocycles. The summed E-state index contributed by atoms with van der Waals surface area (Å²) in [5.74, 6) is -0.690. The van der Waals surface area contributed by atoms with E-state index in [1.54, 1.807) is 0 Å². The Kier molecular flexibility index (Phi) is 3.05. The summed E-state index contributed by atoms with van der Waals surface area (Å²) in [4.78, 5) is 27.3. The molecule has 2 heterocycles. The average molecular weight is 270 g/mol. The number of aromatic nitrogens is 2. The van der Waals surface area contributed by atoms with E-state index in [2.05, 4.69) is 4.98 Å². The highest BCUT2D eigenvalue weighted by atomic mass is 16.6. The number of ketones is 1. The molecule has 1 aliphatic heterocycles. The SMILES string of the molecule is [2H][C@@H]1[C@H](O)[C@@H](CO)O[C@@]1(C(C)=O)n1ccc(N)nc1=O. The lowest BCUT2D eigenvalue weighted by molar-refractivity contribution is -0.160. The Bertz CT molecular complexity index is 592. The highest BCUT2D eigenvalue weighted by molar-refractivity contribution is 5.83. The summed E-state index contributed by atoms with van der Waals surface area (Å²) in [5.41, 5.74) is 2.48. The number of aliphatic hydroxyl groups excluding tert-OH is 2. The standard InChI is InChI=1S/C11H15N3O5/c1-6(16)11(4-7(17)8(5-15)19-11)14-3-2-9(12)13-10(14)18/h2-3,7-8,15,17H,4-5H2,1H3,(H2,12,13,18)/t7-,8+,11-/m0/s1/i4D/t4-,7+,8-,11+/m1. The van der Waals surface area contributed by atoms with Crippen molar-refractivity contribution in [2.24, 2.45) is 0 Å². The number of nitrogen functional groups attached to an aromatic ring is 1. The van der Waals surface area contributed by atoms with Crippen LogP contribution in [-0.4, -0.2) is 44.4 Å². The molecular formula is C11H15N3O5. The second kappa shape index (κ2) is 4.72. The number of anilines is 1. The minimum Gasteiger partial charge on any atom is -0.394 e. The number of nitrogens with zero attached hydrogens (tertiary/aromatic N) is 2. The molecule has 8 nitrogen and oxygen atoms in total. The van der Waals surface area contributed by atoms with Crippen molar-refractivity contribution in [3.63, 3.8) is 0 Å². The first-order valence-corrected chi connectivity index (χ1v) is 5.60. The molecule has 0 aliphatic carbocycles. The normalized spacial score (nSPS) is 35.1. The van der Waals surface area contributed by atoms with Crippen LogP contribution in [0.5, 0.6) is 0 Å². The summed E-state index contributed by atoms with van der Waals surface area (Å²) in [6.45, 7) is 0.555. The molecule has 104 valence electrons. The van der Waals surface area contributed by atoms with E-state index < -0.39 is 42.4 Å². The van der Waals surface area contributed by atoms with Crippen LogP contribution in [0.15, 0.2) is 17.1 Å². The first kappa shape index (κ1) is 12.3. The fourth-order valence-electron chi connectivity index (χ4n) is 2.00. The van der Waals surface area contributed by atoms with Crippen LogP contribution in [0.3, 0.4) is 0 Å². The van der Waals surface area contributed by atoms with Crippen LogP contribution in [-0.2, 0) is 15.3 Å². The molecule has 0 radical (unpaired) electrons. The molecule has 19 heavy (non-hydrogen) atoms. The molecule has 0 bridgehead atoms. The van der Waals surface area contributed by atoms with Gasteiger partial charge in [0.1, 0.15) is 11.9 Å². The molecule has 1 fully saturated rings. The van der Waals surface area contributed by atoms with Gasteiger partial charge in [0.2, 0.25) is 5.72 Å². The third-order valence-electron chi connectivity index (χ3n) is 2.98. The number of aliphatic hydroxyl groups is 2. The summed E-state index contributed by atoms with van der Waals surface area (Å²) in [5, 5.41) is 19.0. The lowest BCUT2D eigenvalue weighted by Crippen LogP contribution is -2.47. The van der Waals surface area contributed by atoms with E-state index >= 15 is 0 Å². The Hall–Kier alpha value is -1.77. The maximum Gasteiger partial charge on any atom is 0.352 e. The lowest BCUT2D eigenvalue weighted by atomic mass is 10.0. The van der Waals surface area contributed by atoms with E-state index in [-0.39, 0.29) is 5.82 Å². The van der Waals surface area contributed by atoms with Crippen molar-refractivity contribution in [2.75, 3.05) is 12.3 Å². The van der Waals surface area contributed by atoms with Crippen molar-refractivity contribution in [2.45, 2.75) is 31.3 Å². The Labute approximate surface area is 109 Å². The van der Waals surface area contributed by atoms with Gasteiger partial charge in [-0.1, -0.05) is 0 Å². The summed E-state index contributed by atoms with van der Waals surface area (Å²) < 4.78 is 14.1. The highest BCUT2D eigenvalue weighted by Crippen LogP contribution is 2.35. The molecule has 4 atom stereocenters. The Balaban J connectivity index is 2.62. The fourth-order valence-corrected chi connectivity index (χ4v) is 2.00. The molecule has 8 heteroatoms. The second-order valence-electron chi connectivity index (χ2n) is 4.25. The molecule has 0 amide bonds. The van der Waals surface area contributed by atoms with Crippen LogP contribution in [0.2, 0.25) is 0 Å². The zero-order valence-corrected chi connectivity index (χ0v) is 10.2. The predicted molar refractivity (Wildman–Crippen MR) is 64.1 cm³/mol. The van der Waals surface area contributed by atoms with Gasteiger partial charge < -0.3 is 20.7 Å². The summed E-state index contributed by atoms with van der Waals surface area (Å²) >= 11 is 0. The molecule has 1 saturated heterocycles. The predicted octanol–water partition coefficient (Wildman–Crippen LogP) is -1.79. The van der Waals surface area contributed by atoms with Gasteiger partial charge in [0.05, 0.1) is 12.7 Å². The zero-order valence-electron chi connectivity index (χ0n) is 11.2. The molecule has 0 unspecified atom stereocenters. The number of carbonyl (C=O) groups excluding carboxylic acids is 1. The van der Waals surface area contributed by atoms with Crippen molar-refractivity contribution >= 4 is 11.6 Å². The van der Waals surface area contributed by atoms with Crippen LogP contribution >= 0.6 is 0 Å². The lowest BCUT2D eigenvalue weighted by Gasteiger charge is -2.27. The van der Waals surface area contributed by atoms with Gasteiger partial charge in [-0.2, -0.15) is 4.98 Å². The van der Waals surface area contributed by atoms with E-state index in [0.29, 0.717) is 0 Å². The van der Waals surface area contributed by atoms with Gasteiger partial charge in [0, 0.05) is 14.0 Å². The molecule has 1 aliphatic rings. The number of ether oxygens (including phenoxy) is 1. The van der Waals surface area contributed by atoms with Crippen molar-refractivity contribution in [1.29, 1.82) is 0 Å². The number of nitrogens with two attached hydrogens (primary N) is 1. The fraction of sp³-hybridized carbons (Fsp3) is 0.545. The molecule has 4 N–H and O–H groups in total.